The molecule has 13 heavy (non-hydrogen) atoms. The van der Waals surface area contributed by atoms with Crippen molar-refractivity contribution >= 4 is 0 Å². The van der Waals surface area contributed by atoms with Crippen molar-refractivity contribution in [3.05, 3.63) is 48.0 Å². The maximum absolute atomic E-state index is 9.68. The van der Waals surface area contributed by atoms with Gasteiger partial charge in [-0.15, -0.1) is 0 Å². The van der Waals surface area contributed by atoms with E-state index in [0.29, 0.717) is 5.92 Å². The lowest BCUT2D eigenvalue weighted by Gasteiger charge is -2.05. The van der Waals surface area contributed by atoms with Crippen LogP contribution in [0.3, 0.4) is 0 Å². The molecule has 1 nitrogen and oxygen atoms in total. The molecule has 1 unspecified atom stereocenters. The molecule has 0 spiro atoms. The number of aliphatic hydroxyl groups is 1. The van der Waals surface area contributed by atoms with Crippen LogP contribution in [-0.4, -0.2) is 5.11 Å². The molecule has 70 valence electrons. The van der Waals surface area contributed by atoms with Crippen molar-refractivity contribution in [3.63, 3.8) is 0 Å². The molecule has 1 atom stereocenters. The molecule has 0 aliphatic carbocycles. The molecule has 0 bridgehead atoms. The summed E-state index contributed by atoms with van der Waals surface area (Å²) in [5.41, 5.74) is 0.944. The Balaban J connectivity index is 2.64. The third-order valence-corrected chi connectivity index (χ3v) is 1.82. The van der Waals surface area contributed by atoms with E-state index in [1.165, 1.54) is 0 Å². The molecular weight excluding hydrogens is 160 g/mol. The zero-order valence-electron chi connectivity index (χ0n) is 8.14. The first kappa shape index (κ1) is 10.0. The second kappa shape index (κ2) is 4.83. The number of hydrogen-bond donors (Lipinski definition) is 1. The van der Waals surface area contributed by atoms with Crippen LogP contribution in [0.4, 0.5) is 0 Å². The van der Waals surface area contributed by atoms with E-state index in [2.05, 4.69) is 13.8 Å². The highest BCUT2D eigenvalue weighted by atomic mass is 16.3. The van der Waals surface area contributed by atoms with Gasteiger partial charge in [0, 0.05) is 0 Å². The molecule has 0 heterocycles. The van der Waals surface area contributed by atoms with Gasteiger partial charge in [-0.05, 0) is 11.5 Å². The van der Waals surface area contributed by atoms with Crippen LogP contribution in [0.1, 0.15) is 25.5 Å². The maximum atomic E-state index is 9.68. The van der Waals surface area contributed by atoms with Crippen molar-refractivity contribution in [1.29, 1.82) is 0 Å². The van der Waals surface area contributed by atoms with E-state index in [-0.39, 0.29) is 0 Å². The first-order valence-corrected chi connectivity index (χ1v) is 4.61. The molecule has 0 aliphatic rings. The lowest BCUT2D eigenvalue weighted by molar-refractivity contribution is 0.228. The van der Waals surface area contributed by atoms with E-state index in [4.69, 9.17) is 0 Å². The van der Waals surface area contributed by atoms with Crippen molar-refractivity contribution in [2.75, 3.05) is 0 Å². The molecular formula is C12H16O. The molecule has 1 rings (SSSR count). The van der Waals surface area contributed by atoms with Gasteiger partial charge in [-0.25, -0.2) is 0 Å². The Kier molecular flexibility index (Phi) is 3.71. The van der Waals surface area contributed by atoms with Crippen molar-refractivity contribution in [3.8, 4) is 0 Å². The van der Waals surface area contributed by atoms with Gasteiger partial charge in [-0.2, -0.15) is 0 Å². The molecule has 0 amide bonds. The van der Waals surface area contributed by atoms with Gasteiger partial charge in [-0.1, -0.05) is 56.3 Å². The van der Waals surface area contributed by atoms with Crippen molar-refractivity contribution in [2.24, 2.45) is 5.92 Å². The largest absolute Gasteiger partial charge is 0.384 e. The minimum atomic E-state index is -0.469. The van der Waals surface area contributed by atoms with Crippen LogP contribution in [-0.2, 0) is 0 Å². The molecule has 0 aliphatic heterocycles. The van der Waals surface area contributed by atoms with Crippen LogP contribution in [0.15, 0.2) is 42.5 Å². The maximum Gasteiger partial charge on any atom is 0.0971 e. The quantitative estimate of drug-likeness (QED) is 0.702. The molecule has 1 aromatic rings. The average Bonchev–Trinajstić information content (AvgIpc) is 2.15. The highest BCUT2D eigenvalue weighted by Gasteiger charge is 2.00. The highest BCUT2D eigenvalue weighted by molar-refractivity contribution is 5.20. The Labute approximate surface area is 79.7 Å². The second-order valence-electron chi connectivity index (χ2n) is 3.48. The van der Waals surface area contributed by atoms with E-state index in [0.717, 1.165) is 5.56 Å². The summed E-state index contributed by atoms with van der Waals surface area (Å²) in [7, 11) is 0. The fraction of sp³-hybridized carbons (Fsp3) is 0.333. The number of rotatable bonds is 3. The lowest BCUT2D eigenvalue weighted by atomic mass is 10.1. The average molecular weight is 176 g/mol. The summed E-state index contributed by atoms with van der Waals surface area (Å²) in [6, 6.07) is 9.66. The zero-order valence-corrected chi connectivity index (χ0v) is 8.14. The van der Waals surface area contributed by atoms with E-state index in [1.54, 1.807) is 0 Å². The van der Waals surface area contributed by atoms with Crippen molar-refractivity contribution in [2.45, 2.75) is 20.0 Å². The number of aliphatic hydroxyl groups excluding tert-OH is 1. The van der Waals surface area contributed by atoms with Gasteiger partial charge >= 0.3 is 0 Å². The Hall–Kier alpha value is -1.08. The Morgan fingerprint density at radius 1 is 1.08 bits per heavy atom. The van der Waals surface area contributed by atoms with Gasteiger partial charge in [0.1, 0.15) is 0 Å². The number of benzene rings is 1. The van der Waals surface area contributed by atoms with Crippen LogP contribution >= 0.6 is 0 Å². The van der Waals surface area contributed by atoms with Crippen LogP contribution in [0.25, 0.3) is 0 Å². The second-order valence-corrected chi connectivity index (χ2v) is 3.48. The normalized spacial score (nSPS) is 13.8. The SMILES string of the molecule is CC(C)/C=C/C(O)c1ccccc1. The van der Waals surface area contributed by atoms with Gasteiger partial charge in [0.2, 0.25) is 0 Å². The fourth-order valence-corrected chi connectivity index (χ4v) is 1.09. The number of hydrogen-bond acceptors (Lipinski definition) is 1. The molecule has 1 N–H and O–H groups in total. The predicted octanol–water partition coefficient (Wildman–Crippen LogP) is 2.93. The summed E-state index contributed by atoms with van der Waals surface area (Å²) in [5, 5.41) is 9.68. The summed E-state index contributed by atoms with van der Waals surface area (Å²) >= 11 is 0. The third kappa shape index (κ3) is 3.43. The molecule has 0 aromatic heterocycles. The topological polar surface area (TPSA) is 20.2 Å². The van der Waals surface area contributed by atoms with E-state index in [9.17, 15) is 5.11 Å². The van der Waals surface area contributed by atoms with E-state index >= 15 is 0 Å². The fourth-order valence-electron chi connectivity index (χ4n) is 1.09. The smallest absolute Gasteiger partial charge is 0.0971 e. The van der Waals surface area contributed by atoms with Gasteiger partial charge in [0.25, 0.3) is 0 Å². The zero-order chi connectivity index (χ0) is 9.68. The summed E-state index contributed by atoms with van der Waals surface area (Å²) in [5.74, 6) is 0.485. The first-order chi connectivity index (χ1) is 6.20. The molecule has 1 heteroatoms. The lowest BCUT2D eigenvalue weighted by Crippen LogP contribution is -1.92. The van der Waals surface area contributed by atoms with Crippen LogP contribution < -0.4 is 0 Å². The minimum Gasteiger partial charge on any atom is -0.384 e. The monoisotopic (exact) mass is 176 g/mol. The minimum absolute atomic E-state index is 0.469. The molecule has 0 radical (unpaired) electrons. The van der Waals surface area contributed by atoms with Gasteiger partial charge in [0.05, 0.1) is 6.10 Å². The Morgan fingerprint density at radius 2 is 1.69 bits per heavy atom. The van der Waals surface area contributed by atoms with Gasteiger partial charge < -0.3 is 5.11 Å². The molecule has 1 aromatic carbocycles. The summed E-state index contributed by atoms with van der Waals surface area (Å²) < 4.78 is 0. The third-order valence-electron chi connectivity index (χ3n) is 1.82. The predicted molar refractivity (Wildman–Crippen MR) is 55.4 cm³/mol. The van der Waals surface area contributed by atoms with Crippen LogP contribution in [0.5, 0.6) is 0 Å². The standard InChI is InChI=1S/C12H16O/c1-10(2)8-9-12(13)11-6-4-3-5-7-11/h3-10,12-13H,1-2H3/b9-8+. The first-order valence-electron chi connectivity index (χ1n) is 4.61. The highest BCUT2D eigenvalue weighted by Crippen LogP contribution is 2.13. The molecule has 0 saturated heterocycles. The van der Waals surface area contributed by atoms with E-state index < -0.39 is 6.10 Å². The van der Waals surface area contributed by atoms with E-state index in [1.807, 2.05) is 42.5 Å². The Bertz CT molecular complexity index is 262. The van der Waals surface area contributed by atoms with Crippen LogP contribution in [0.2, 0.25) is 0 Å². The Morgan fingerprint density at radius 3 is 2.23 bits per heavy atom. The van der Waals surface area contributed by atoms with Crippen molar-refractivity contribution < 1.29 is 5.11 Å². The summed E-state index contributed by atoms with van der Waals surface area (Å²) in [6.07, 6.45) is 3.38. The van der Waals surface area contributed by atoms with Crippen molar-refractivity contribution in [1.82, 2.24) is 0 Å². The number of allylic oxidation sites excluding steroid dienone is 1. The molecule has 0 saturated carbocycles. The summed E-state index contributed by atoms with van der Waals surface area (Å²) in [6.45, 7) is 4.18. The van der Waals surface area contributed by atoms with Crippen LogP contribution in [0, 0.1) is 5.92 Å². The molecule has 0 fully saturated rings. The van der Waals surface area contributed by atoms with Gasteiger partial charge in [-0.3, -0.25) is 0 Å². The summed E-state index contributed by atoms with van der Waals surface area (Å²) in [4.78, 5) is 0. The van der Waals surface area contributed by atoms with Gasteiger partial charge in [0.15, 0.2) is 0 Å².